The van der Waals surface area contributed by atoms with Crippen molar-refractivity contribution in [2.75, 3.05) is 17.3 Å². The van der Waals surface area contributed by atoms with Crippen LogP contribution in [-0.4, -0.2) is 12.6 Å². The summed E-state index contributed by atoms with van der Waals surface area (Å²) in [5.41, 5.74) is 10.5. The molecule has 0 radical (unpaired) electrons. The van der Waals surface area contributed by atoms with E-state index in [-0.39, 0.29) is 5.54 Å². The molecule has 0 spiro atoms. The van der Waals surface area contributed by atoms with Gasteiger partial charge >= 0.3 is 0 Å². The number of rotatable bonds is 5. The normalized spacial score (nSPS) is 15.0. The van der Waals surface area contributed by atoms with Crippen molar-refractivity contribution in [1.82, 2.24) is 0 Å². The maximum atomic E-state index is 6.26. The Kier molecular flexibility index (Phi) is 5.68. The van der Waals surface area contributed by atoms with Crippen LogP contribution in [0.4, 0.5) is 17.1 Å². The minimum Gasteiger partial charge on any atom is -0.496 e. The second kappa shape index (κ2) is 9.04. The van der Waals surface area contributed by atoms with Crippen LogP contribution < -0.4 is 19.7 Å². The molecule has 0 fully saturated rings. The summed E-state index contributed by atoms with van der Waals surface area (Å²) in [4.78, 5) is 2.45. The van der Waals surface area contributed by atoms with E-state index in [1.54, 1.807) is 7.11 Å². The predicted molar refractivity (Wildman–Crippen MR) is 153 cm³/mol. The molecule has 0 saturated heterocycles. The van der Waals surface area contributed by atoms with Crippen LogP contribution in [0.25, 0.3) is 16.7 Å². The third-order valence-corrected chi connectivity index (χ3v) is 7.37. The Balaban J connectivity index is 1.43. The summed E-state index contributed by atoms with van der Waals surface area (Å²) in [6.45, 7) is 8.09. The van der Waals surface area contributed by atoms with Gasteiger partial charge in [-0.3, -0.25) is 0 Å². The van der Waals surface area contributed by atoms with Crippen LogP contribution in [0.2, 0.25) is 0 Å². The second-order valence-corrected chi connectivity index (χ2v) is 10.3. The lowest BCUT2D eigenvalue weighted by Gasteiger charge is -2.44. The van der Waals surface area contributed by atoms with E-state index in [0.717, 1.165) is 35.0 Å². The molecule has 0 saturated carbocycles. The van der Waals surface area contributed by atoms with Gasteiger partial charge in [-0.1, -0.05) is 54.6 Å². The molecule has 2 aliphatic rings. The first kappa shape index (κ1) is 23.2. The topological polar surface area (TPSA) is 33.7 Å². The molecular formula is C33H32N2O2. The number of fused-ring (bicyclic) bond motifs is 5. The fourth-order valence-electron chi connectivity index (χ4n) is 5.87. The van der Waals surface area contributed by atoms with Crippen molar-refractivity contribution in [3.05, 3.63) is 108 Å². The molecule has 4 aromatic carbocycles. The lowest BCUT2D eigenvalue weighted by atomic mass is 9.82. The van der Waals surface area contributed by atoms with E-state index in [0.29, 0.717) is 6.61 Å². The summed E-state index contributed by atoms with van der Waals surface area (Å²) in [7, 11) is 1.72. The van der Waals surface area contributed by atoms with E-state index in [9.17, 15) is 0 Å². The van der Waals surface area contributed by atoms with Crippen LogP contribution in [0.3, 0.4) is 0 Å². The highest BCUT2D eigenvalue weighted by Gasteiger charge is 2.36. The van der Waals surface area contributed by atoms with Crippen molar-refractivity contribution in [2.24, 2.45) is 0 Å². The summed E-state index contributed by atoms with van der Waals surface area (Å²) >= 11 is 0. The third-order valence-electron chi connectivity index (χ3n) is 7.37. The van der Waals surface area contributed by atoms with Gasteiger partial charge in [0.15, 0.2) is 0 Å². The zero-order valence-corrected chi connectivity index (χ0v) is 21.8. The number of nitrogens with zero attached hydrogens (tertiary/aromatic N) is 1. The monoisotopic (exact) mass is 488 g/mol. The Morgan fingerprint density at radius 1 is 0.919 bits per heavy atom. The van der Waals surface area contributed by atoms with Crippen molar-refractivity contribution >= 4 is 22.6 Å². The quantitative estimate of drug-likeness (QED) is 0.307. The van der Waals surface area contributed by atoms with Crippen LogP contribution in [-0.2, 0) is 13.2 Å². The summed E-state index contributed by atoms with van der Waals surface area (Å²) < 4.78 is 12.0. The number of anilines is 3. The summed E-state index contributed by atoms with van der Waals surface area (Å²) in [5, 5.41) is 3.60. The van der Waals surface area contributed by atoms with Crippen molar-refractivity contribution in [1.29, 1.82) is 0 Å². The zero-order valence-electron chi connectivity index (χ0n) is 21.8. The molecule has 37 heavy (non-hydrogen) atoms. The van der Waals surface area contributed by atoms with Gasteiger partial charge in [0.1, 0.15) is 18.1 Å². The molecule has 6 rings (SSSR count). The minimum absolute atomic E-state index is 0.200. The minimum atomic E-state index is -0.200. The van der Waals surface area contributed by atoms with Gasteiger partial charge < -0.3 is 19.7 Å². The van der Waals surface area contributed by atoms with Crippen LogP contribution in [0, 0.1) is 0 Å². The third kappa shape index (κ3) is 4.03. The molecular weight excluding hydrogens is 456 g/mol. The van der Waals surface area contributed by atoms with E-state index >= 15 is 0 Å². The van der Waals surface area contributed by atoms with Gasteiger partial charge in [0.25, 0.3) is 0 Å². The smallest absolute Gasteiger partial charge is 0.131 e. The molecule has 186 valence electrons. The largest absolute Gasteiger partial charge is 0.496 e. The highest BCUT2D eigenvalue weighted by Crippen LogP contribution is 2.51. The molecule has 4 aromatic rings. The maximum Gasteiger partial charge on any atom is 0.131 e. The Morgan fingerprint density at radius 3 is 2.54 bits per heavy atom. The van der Waals surface area contributed by atoms with E-state index in [1.165, 1.54) is 33.5 Å². The number of allylic oxidation sites excluding steroid dienone is 1. The number of methoxy groups -OCH3 is 1. The van der Waals surface area contributed by atoms with E-state index in [1.807, 2.05) is 24.3 Å². The van der Waals surface area contributed by atoms with Gasteiger partial charge in [0.05, 0.1) is 18.2 Å². The predicted octanol–water partition coefficient (Wildman–Crippen LogP) is 8.20. The first-order chi connectivity index (χ1) is 18.0. The van der Waals surface area contributed by atoms with E-state index in [4.69, 9.17) is 9.47 Å². The maximum absolute atomic E-state index is 6.26. The van der Waals surface area contributed by atoms with Crippen molar-refractivity contribution < 1.29 is 9.47 Å². The molecule has 0 unspecified atom stereocenters. The number of ether oxygens (including phenoxy) is 2. The average Bonchev–Trinajstić information content (AvgIpc) is 2.91. The SMILES string of the molecule is COc1cccc2c1-c1ccc3c(c1CO2)C(C)=CC(C)(C)N3c1cccc(NCc2ccccc2)c1. The molecule has 2 aliphatic heterocycles. The first-order valence-corrected chi connectivity index (χ1v) is 12.8. The second-order valence-electron chi connectivity index (χ2n) is 10.3. The molecule has 0 aromatic heterocycles. The van der Waals surface area contributed by atoms with Crippen LogP contribution in [0.1, 0.15) is 37.5 Å². The molecule has 0 aliphatic carbocycles. The van der Waals surface area contributed by atoms with Crippen LogP contribution in [0.5, 0.6) is 11.5 Å². The van der Waals surface area contributed by atoms with Gasteiger partial charge in [0, 0.05) is 34.7 Å². The molecule has 2 heterocycles. The Hall–Kier alpha value is -4.18. The van der Waals surface area contributed by atoms with Gasteiger partial charge in [-0.05, 0) is 73.9 Å². The van der Waals surface area contributed by atoms with Gasteiger partial charge in [-0.2, -0.15) is 0 Å². The van der Waals surface area contributed by atoms with Gasteiger partial charge in [-0.25, -0.2) is 0 Å². The van der Waals surface area contributed by atoms with Gasteiger partial charge in [-0.15, -0.1) is 0 Å². The molecule has 4 heteroatoms. The molecule has 0 bridgehead atoms. The van der Waals surface area contributed by atoms with Crippen molar-refractivity contribution in [3.63, 3.8) is 0 Å². The molecule has 0 amide bonds. The summed E-state index contributed by atoms with van der Waals surface area (Å²) in [6, 6.07) is 29.7. The van der Waals surface area contributed by atoms with Crippen molar-refractivity contribution in [3.8, 4) is 22.6 Å². The average molecular weight is 489 g/mol. The lowest BCUT2D eigenvalue weighted by Crippen LogP contribution is -2.42. The molecule has 0 atom stereocenters. The van der Waals surface area contributed by atoms with Crippen LogP contribution in [0.15, 0.2) is 91.0 Å². The molecule has 1 N–H and O–H groups in total. The Bertz CT molecular complexity index is 1490. The summed E-state index contributed by atoms with van der Waals surface area (Å²) in [6.07, 6.45) is 2.37. The Morgan fingerprint density at radius 2 is 1.73 bits per heavy atom. The number of nitrogens with one attached hydrogen (secondary N) is 1. The van der Waals surface area contributed by atoms with Crippen molar-refractivity contribution in [2.45, 2.75) is 39.5 Å². The number of benzene rings is 4. The fourth-order valence-corrected chi connectivity index (χ4v) is 5.87. The molecule has 4 nitrogen and oxygen atoms in total. The van der Waals surface area contributed by atoms with Crippen LogP contribution >= 0.6 is 0 Å². The standard InChI is InChI=1S/C33H32N2O2/c1-22-19-33(2,3)35(25-13-8-12-24(18-25)34-20-23-10-6-5-7-11-23)28-17-16-26-27(31(22)28)21-37-30-15-9-14-29(36-4)32(26)30/h5-19,34H,20-21H2,1-4H3. The number of hydrogen-bond donors (Lipinski definition) is 1. The number of hydrogen-bond acceptors (Lipinski definition) is 4. The van der Waals surface area contributed by atoms with Gasteiger partial charge in [0.2, 0.25) is 0 Å². The lowest BCUT2D eigenvalue weighted by molar-refractivity contribution is 0.299. The zero-order chi connectivity index (χ0) is 25.6. The van der Waals surface area contributed by atoms with E-state index < -0.39 is 0 Å². The summed E-state index contributed by atoms with van der Waals surface area (Å²) in [5.74, 6) is 1.71. The highest BCUT2D eigenvalue weighted by atomic mass is 16.5. The fraction of sp³-hybridized carbons (Fsp3) is 0.212. The highest BCUT2D eigenvalue weighted by molar-refractivity contribution is 5.93. The van der Waals surface area contributed by atoms with E-state index in [2.05, 4.69) is 97.7 Å². The first-order valence-electron chi connectivity index (χ1n) is 12.8. The Labute approximate surface area is 219 Å².